The quantitative estimate of drug-likeness (QED) is 0.749. The lowest BCUT2D eigenvalue weighted by Gasteiger charge is -2.08. The highest BCUT2D eigenvalue weighted by molar-refractivity contribution is 9.10. The van der Waals surface area contributed by atoms with E-state index in [2.05, 4.69) is 25.9 Å². The number of halogens is 2. The summed E-state index contributed by atoms with van der Waals surface area (Å²) in [5.74, 6) is -0.0600. The summed E-state index contributed by atoms with van der Waals surface area (Å²) in [5.41, 5.74) is 8.83. The third-order valence-electron chi connectivity index (χ3n) is 2.92. The summed E-state index contributed by atoms with van der Waals surface area (Å²) >= 11 is 3.39. The van der Waals surface area contributed by atoms with Crippen LogP contribution in [0.4, 0.5) is 10.3 Å². The Morgan fingerprint density at radius 3 is 2.89 bits per heavy atom. The van der Waals surface area contributed by atoms with Crippen LogP contribution >= 0.6 is 15.9 Å². The van der Waals surface area contributed by atoms with Crippen molar-refractivity contribution in [2.75, 3.05) is 5.73 Å². The van der Waals surface area contributed by atoms with Crippen molar-refractivity contribution in [3.8, 4) is 5.69 Å². The van der Waals surface area contributed by atoms with Gasteiger partial charge in [0.15, 0.2) is 5.65 Å². The number of anilines is 1. The molecular formula is C13H10BrFN4. The maximum atomic E-state index is 13.4. The minimum absolute atomic E-state index is 0.281. The van der Waals surface area contributed by atoms with E-state index in [-0.39, 0.29) is 11.8 Å². The van der Waals surface area contributed by atoms with E-state index in [1.807, 2.05) is 13.0 Å². The topological polar surface area (TPSA) is 56.7 Å². The number of hydrogen-bond donors (Lipinski definition) is 1. The van der Waals surface area contributed by atoms with E-state index in [9.17, 15) is 4.39 Å². The molecule has 0 atom stereocenters. The fraction of sp³-hybridized carbons (Fsp3) is 0.0769. The Hall–Kier alpha value is -1.95. The van der Waals surface area contributed by atoms with E-state index in [1.54, 1.807) is 16.8 Å². The monoisotopic (exact) mass is 320 g/mol. The van der Waals surface area contributed by atoms with Crippen LogP contribution in [0.25, 0.3) is 16.9 Å². The van der Waals surface area contributed by atoms with Gasteiger partial charge in [-0.05, 0) is 52.7 Å². The molecule has 0 saturated heterocycles. The van der Waals surface area contributed by atoms with Gasteiger partial charge in [-0.15, -0.1) is 0 Å². The summed E-state index contributed by atoms with van der Waals surface area (Å²) in [4.78, 5) is 8.58. The number of nitrogens with two attached hydrogens (primary N) is 1. The molecule has 0 saturated carbocycles. The first-order chi connectivity index (χ1) is 9.08. The van der Waals surface area contributed by atoms with Crippen LogP contribution in [-0.4, -0.2) is 14.5 Å². The maximum Gasteiger partial charge on any atom is 0.207 e. The van der Waals surface area contributed by atoms with Crippen LogP contribution in [0.2, 0.25) is 0 Å². The predicted molar refractivity (Wildman–Crippen MR) is 75.7 cm³/mol. The Morgan fingerprint density at radius 1 is 1.32 bits per heavy atom. The number of aryl methyl sites for hydroxylation is 1. The summed E-state index contributed by atoms with van der Waals surface area (Å²) in [6, 6.07) is 6.26. The zero-order valence-electron chi connectivity index (χ0n) is 10.1. The normalized spacial score (nSPS) is 11.1. The average Bonchev–Trinajstić information content (AvgIpc) is 2.70. The second kappa shape index (κ2) is 4.31. The highest BCUT2D eigenvalue weighted by Gasteiger charge is 2.15. The van der Waals surface area contributed by atoms with Crippen LogP contribution in [-0.2, 0) is 0 Å². The Bertz CT molecular complexity index is 782. The molecule has 6 heteroatoms. The number of fused-ring (bicyclic) bond motifs is 1. The highest BCUT2D eigenvalue weighted by Crippen LogP contribution is 2.28. The lowest BCUT2D eigenvalue weighted by atomic mass is 10.2. The molecule has 0 fully saturated rings. The molecule has 0 unspecified atom stereocenters. The molecule has 2 N–H and O–H groups in total. The van der Waals surface area contributed by atoms with Gasteiger partial charge in [-0.3, -0.25) is 4.57 Å². The van der Waals surface area contributed by atoms with Gasteiger partial charge in [-0.1, -0.05) is 0 Å². The molecule has 2 heterocycles. The zero-order chi connectivity index (χ0) is 13.6. The molecule has 0 bridgehead atoms. The fourth-order valence-corrected chi connectivity index (χ4v) is 2.43. The summed E-state index contributed by atoms with van der Waals surface area (Å²) in [6.07, 6.45) is 1.68. The Balaban J connectivity index is 2.39. The molecule has 0 aliphatic rings. The molecule has 2 aromatic heterocycles. The van der Waals surface area contributed by atoms with Crippen LogP contribution in [0.15, 0.2) is 34.9 Å². The Labute approximate surface area is 117 Å². The molecule has 96 valence electrons. The fourth-order valence-electron chi connectivity index (χ4n) is 2.01. The zero-order valence-corrected chi connectivity index (χ0v) is 11.6. The van der Waals surface area contributed by atoms with Crippen LogP contribution in [0, 0.1) is 12.7 Å². The van der Waals surface area contributed by atoms with Gasteiger partial charge < -0.3 is 5.73 Å². The molecule has 3 rings (SSSR count). The summed E-state index contributed by atoms with van der Waals surface area (Å²) in [5, 5.41) is 0. The van der Waals surface area contributed by atoms with E-state index >= 15 is 0 Å². The second-order valence-corrected chi connectivity index (χ2v) is 5.06. The molecule has 1 aromatic carbocycles. The number of imidazole rings is 1. The standard InChI is InChI=1S/C13H10BrFN4/c1-7-4-5-17-12-11(7)18-13(16)19(12)10-6-8(15)2-3-9(10)14/h2-6H,1H3,(H2,16,18). The van der Waals surface area contributed by atoms with E-state index < -0.39 is 0 Å². The first kappa shape index (κ1) is 12.1. The van der Waals surface area contributed by atoms with Crippen molar-refractivity contribution in [3.05, 3.63) is 46.3 Å². The van der Waals surface area contributed by atoms with Crippen molar-refractivity contribution >= 4 is 33.0 Å². The lowest BCUT2D eigenvalue weighted by Crippen LogP contribution is -2.02. The van der Waals surface area contributed by atoms with E-state index in [0.29, 0.717) is 11.3 Å². The lowest BCUT2D eigenvalue weighted by molar-refractivity contribution is 0.626. The SMILES string of the molecule is Cc1ccnc2c1nc(N)n2-c1cc(F)ccc1Br. The molecule has 0 aliphatic carbocycles. The third-order valence-corrected chi connectivity index (χ3v) is 3.59. The van der Waals surface area contributed by atoms with Crippen LogP contribution in [0.5, 0.6) is 0 Å². The molecule has 19 heavy (non-hydrogen) atoms. The van der Waals surface area contributed by atoms with Gasteiger partial charge in [0.05, 0.1) is 5.69 Å². The summed E-state index contributed by atoms with van der Waals surface area (Å²) < 4.78 is 15.8. The van der Waals surface area contributed by atoms with Gasteiger partial charge in [-0.25, -0.2) is 14.4 Å². The van der Waals surface area contributed by atoms with E-state index in [1.165, 1.54) is 12.1 Å². The average molecular weight is 321 g/mol. The number of nitrogen functional groups attached to an aromatic ring is 1. The third kappa shape index (κ3) is 1.88. The van der Waals surface area contributed by atoms with Crippen molar-refractivity contribution in [2.45, 2.75) is 6.92 Å². The van der Waals surface area contributed by atoms with Crippen molar-refractivity contribution < 1.29 is 4.39 Å². The second-order valence-electron chi connectivity index (χ2n) is 4.20. The molecule has 0 radical (unpaired) electrons. The highest BCUT2D eigenvalue weighted by atomic mass is 79.9. The molecule has 3 aromatic rings. The maximum absolute atomic E-state index is 13.4. The Morgan fingerprint density at radius 2 is 2.11 bits per heavy atom. The molecule has 0 amide bonds. The largest absolute Gasteiger partial charge is 0.369 e. The minimum Gasteiger partial charge on any atom is -0.369 e. The number of rotatable bonds is 1. The minimum atomic E-state index is -0.341. The Kier molecular flexibility index (Phi) is 2.74. The van der Waals surface area contributed by atoms with Crippen molar-refractivity contribution in [3.63, 3.8) is 0 Å². The van der Waals surface area contributed by atoms with E-state index in [0.717, 1.165) is 15.6 Å². The van der Waals surface area contributed by atoms with Gasteiger partial charge >= 0.3 is 0 Å². The van der Waals surface area contributed by atoms with Gasteiger partial charge in [0.2, 0.25) is 5.95 Å². The number of benzene rings is 1. The van der Waals surface area contributed by atoms with Crippen molar-refractivity contribution in [1.29, 1.82) is 0 Å². The predicted octanol–water partition coefficient (Wildman–Crippen LogP) is 3.21. The smallest absolute Gasteiger partial charge is 0.207 e. The first-order valence-electron chi connectivity index (χ1n) is 5.63. The van der Waals surface area contributed by atoms with Gasteiger partial charge in [0, 0.05) is 10.7 Å². The number of aromatic nitrogens is 3. The first-order valence-corrected chi connectivity index (χ1v) is 6.42. The number of nitrogens with zero attached hydrogens (tertiary/aromatic N) is 3. The molecular weight excluding hydrogens is 311 g/mol. The number of pyridine rings is 1. The molecule has 0 aliphatic heterocycles. The molecule has 0 spiro atoms. The summed E-state index contributed by atoms with van der Waals surface area (Å²) in [7, 11) is 0. The molecule has 4 nitrogen and oxygen atoms in total. The van der Waals surface area contributed by atoms with E-state index in [4.69, 9.17) is 5.73 Å². The van der Waals surface area contributed by atoms with Gasteiger partial charge in [0.25, 0.3) is 0 Å². The van der Waals surface area contributed by atoms with Gasteiger partial charge in [0.1, 0.15) is 11.3 Å². The van der Waals surface area contributed by atoms with Crippen LogP contribution in [0.1, 0.15) is 5.56 Å². The van der Waals surface area contributed by atoms with Crippen LogP contribution < -0.4 is 5.73 Å². The number of hydrogen-bond acceptors (Lipinski definition) is 3. The van der Waals surface area contributed by atoms with Crippen LogP contribution in [0.3, 0.4) is 0 Å². The van der Waals surface area contributed by atoms with Crippen molar-refractivity contribution in [1.82, 2.24) is 14.5 Å². The van der Waals surface area contributed by atoms with Gasteiger partial charge in [-0.2, -0.15) is 0 Å². The summed E-state index contributed by atoms with van der Waals surface area (Å²) in [6.45, 7) is 1.93. The van der Waals surface area contributed by atoms with Crippen molar-refractivity contribution in [2.24, 2.45) is 0 Å².